The Hall–Kier alpha value is -3.67. The zero-order chi connectivity index (χ0) is 22.8. The van der Waals surface area contributed by atoms with Gasteiger partial charge in [0.1, 0.15) is 24.7 Å². The van der Waals surface area contributed by atoms with E-state index in [4.69, 9.17) is 14.2 Å². The quantitative estimate of drug-likeness (QED) is 0.182. The van der Waals surface area contributed by atoms with E-state index >= 15 is 0 Å². The third-order valence-electron chi connectivity index (χ3n) is 4.07. The molecule has 2 aromatic rings. The van der Waals surface area contributed by atoms with Gasteiger partial charge in [0.25, 0.3) is 0 Å². The van der Waals surface area contributed by atoms with E-state index in [1.54, 1.807) is 63.2 Å². The molecule has 0 N–H and O–H groups in total. The summed E-state index contributed by atoms with van der Waals surface area (Å²) in [5.74, 6) is -0.109. The third-order valence-corrected chi connectivity index (χ3v) is 4.07. The van der Waals surface area contributed by atoms with Gasteiger partial charge in [-0.05, 0) is 55.0 Å². The highest BCUT2D eigenvalue weighted by atomic mass is 16.6. The lowest BCUT2D eigenvalue weighted by atomic mass is 10.1. The highest BCUT2D eigenvalue weighted by Crippen LogP contribution is 2.16. The van der Waals surface area contributed by atoms with Gasteiger partial charge in [-0.3, -0.25) is 9.59 Å². The van der Waals surface area contributed by atoms with Crippen LogP contribution in [0.4, 0.5) is 0 Å². The maximum Gasteiger partial charge on any atom is 0.338 e. The number of ether oxygens (including phenoxy) is 3. The number of carbonyl (C=O) groups excluding carboxylic acids is 3. The number of rotatable bonds is 10. The number of ketones is 1. The molecule has 0 radical (unpaired) electrons. The minimum absolute atomic E-state index is 0.161. The summed E-state index contributed by atoms with van der Waals surface area (Å²) in [6.07, 6.45) is 3.17. The van der Waals surface area contributed by atoms with Gasteiger partial charge in [-0.25, -0.2) is 4.79 Å². The molecule has 0 saturated carbocycles. The van der Waals surface area contributed by atoms with Gasteiger partial charge in [-0.15, -0.1) is 0 Å². The summed E-state index contributed by atoms with van der Waals surface area (Å²) in [6.45, 7) is 9.10. The lowest BCUT2D eigenvalue weighted by Crippen LogP contribution is -2.16. The molecule has 2 rings (SSSR count). The summed E-state index contributed by atoms with van der Waals surface area (Å²) in [7, 11) is 0. The molecular formula is C25H26O6. The number of benzene rings is 2. The number of esters is 2. The number of carbonyl (C=O) groups is 3. The monoisotopic (exact) mass is 422 g/mol. The number of hydrogen-bond acceptors (Lipinski definition) is 6. The Balaban J connectivity index is 1.84. The minimum atomic E-state index is -0.511. The van der Waals surface area contributed by atoms with Gasteiger partial charge in [0.15, 0.2) is 5.78 Å². The van der Waals surface area contributed by atoms with Crippen molar-refractivity contribution in [1.29, 1.82) is 0 Å². The molecular weight excluding hydrogens is 396 g/mol. The van der Waals surface area contributed by atoms with Gasteiger partial charge in [0.2, 0.25) is 0 Å². The second-order valence-corrected chi connectivity index (χ2v) is 7.13. The summed E-state index contributed by atoms with van der Waals surface area (Å²) in [4.78, 5) is 35.2. The summed E-state index contributed by atoms with van der Waals surface area (Å²) >= 11 is 0. The first-order chi connectivity index (χ1) is 14.8. The average Bonchev–Trinajstić information content (AvgIpc) is 2.76. The van der Waals surface area contributed by atoms with E-state index in [-0.39, 0.29) is 30.9 Å². The summed E-state index contributed by atoms with van der Waals surface area (Å²) < 4.78 is 15.7. The van der Waals surface area contributed by atoms with E-state index in [1.807, 2.05) is 12.1 Å². The van der Waals surface area contributed by atoms with Crippen LogP contribution in [0.1, 0.15) is 36.7 Å². The molecule has 0 amide bonds. The smallest absolute Gasteiger partial charge is 0.338 e. The molecule has 2 aromatic carbocycles. The molecule has 0 aliphatic heterocycles. The molecule has 162 valence electrons. The molecule has 0 saturated heterocycles. The van der Waals surface area contributed by atoms with E-state index in [1.165, 1.54) is 6.08 Å². The van der Waals surface area contributed by atoms with Crippen LogP contribution < -0.4 is 9.47 Å². The average molecular weight is 422 g/mol. The van der Waals surface area contributed by atoms with Crippen molar-refractivity contribution < 1.29 is 28.6 Å². The van der Waals surface area contributed by atoms with Gasteiger partial charge >= 0.3 is 11.9 Å². The maximum atomic E-state index is 12.3. The Labute approximate surface area is 182 Å². The third kappa shape index (κ3) is 7.93. The molecule has 0 aliphatic carbocycles. The van der Waals surface area contributed by atoms with E-state index in [2.05, 4.69) is 6.58 Å². The number of allylic oxidation sites excluding steroid dienone is 1. The van der Waals surface area contributed by atoms with Crippen molar-refractivity contribution in [2.75, 3.05) is 13.2 Å². The van der Waals surface area contributed by atoms with Crippen LogP contribution in [0.3, 0.4) is 0 Å². The van der Waals surface area contributed by atoms with Crippen LogP contribution in [-0.2, 0) is 14.3 Å². The van der Waals surface area contributed by atoms with E-state index < -0.39 is 5.97 Å². The predicted octanol–water partition coefficient (Wildman–Crippen LogP) is 4.64. The molecule has 0 fully saturated rings. The fraction of sp³-hybridized carbons (Fsp3) is 0.240. The van der Waals surface area contributed by atoms with Crippen LogP contribution >= 0.6 is 0 Å². The first-order valence-electron chi connectivity index (χ1n) is 9.86. The Bertz CT molecular complexity index is 953. The Morgan fingerprint density at radius 2 is 1.55 bits per heavy atom. The van der Waals surface area contributed by atoms with Gasteiger partial charge in [0.05, 0.1) is 5.92 Å². The summed E-state index contributed by atoms with van der Waals surface area (Å²) in [5, 5.41) is 0. The SMILES string of the molecule is C=C(C)C(=O)Oc1ccc(C(=O)/C=C/c2ccc(OCCOC(=O)C(C)C)cc2)cc1. The lowest BCUT2D eigenvalue weighted by Gasteiger charge is -2.09. The molecule has 6 nitrogen and oxygen atoms in total. The van der Waals surface area contributed by atoms with Crippen molar-refractivity contribution in [2.24, 2.45) is 5.92 Å². The fourth-order valence-corrected chi connectivity index (χ4v) is 2.29. The van der Waals surface area contributed by atoms with Crippen LogP contribution in [0.2, 0.25) is 0 Å². The Morgan fingerprint density at radius 1 is 0.935 bits per heavy atom. The standard InChI is InChI=1S/C25H26O6/c1-17(2)24(27)30-16-15-29-21-10-5-19(6-11-21)7-14-23(26)20-8-12-22(13-9-20)31-25(28)18(3)4/h5-14,17H,3,15-16H2,1-2,4H3/b14-7+. The molecule has 0 aromatic heterocycles. The Morgan fingerprint density at radius 3 is 2.13 bits per heavy atom. The van der Waals surface area contributed by atoms with Gasteiger partial charge < -0.3 is 14.2 Å². The molecule has 0 bridgehead atoms. The van der Waals surface area contributed by atoms with Crippen molar-refractivity contribution in [3.8, 4) is 11.5 Å². The van der Waals surface area contributed by atoms with Crippen LogP contribution in [0.25, 0.3) is 6.08 Å². The fourth-order valence-electron chi connectivity index (χ4n) is 2.29. The molecule has 0 atom stereocenters. The zero-order valence-electron chi connectivity index (χ0n) is 17.9. The van der Waals surface area contributed by atoms with Crippen LogP contribution in [0.5, 0.6) is 11.5 Å². The van der Waals surface area contributed by atoms with Gasteiger partial charge in [0, 0.05) is 11.1 Å². The minimum Gasteiger partial charge on any atom is -0.490 e. The first-order valence-corrected chi connectivity index (χ1v) is 9.86. The largest absolute Gasteiger partial charge is 0.490 e. The lowest BCUT2D eigenvalue weighted by molar-refractivity contribution is -0.148. The van der Waals surface area contributed by atoms with Crippen LogP contribution in [0, 0.1) is 5.92 Å². The molecule has 0 aliphatic rings. The second-order valence-electron chi connectivity index (χ2n) is 7.13. The highest BCUT2D eigenvalue weighted by molar-refractivity contribution is 6.06. The van der Waals surface area contributed by atoms with E-state index in [0.29, 0.717) is 22.6 Å². The second kappa shape index (κ2) is 11.5. The van der Waals surface area contributed by atoms with Crippen molar-refractivity contribution in [3.05, 3.63) is 77.9 Å². The highest BCUT2D eigenvalue weighted by Gasteiger charge is 2.08. The molecule has 6 heteroatoms. The van der Waals surface area contributed by atoms with Crippen molar-refractivity contribution in [1.82, 2.24) is 0 Å². The summed E-state index contributed by atoms with van der Waals surface area (Å²) in [6, 6.07) is 13.5. The molecule has 31 heavy (non-hydrogen) atoms. The van der Waals surface area contributed by atoms with E-state index in [9.17, 15) is 14.4 Å². The van der Waals surface area contributed by atoms with Gasteiger partial charge in [-0.1, -0.05) is 38.6 Å². The first kappa shape index (κ1) is 23.6. The molecule has 0 spiro atoms. The van der Waals surface area contributed by atoms with Crippen LogP contribution in [-0.4, -0.2) is 30.9 Å². The maximum absolute atomic E-state index is 12.3. The van der Waals surface area contributed by atoms with Crippen molar-refractivity contribution in [2.45, 2.75) is 20.8 Å². The zero-order valence-corrected chi connectivity index (χ0v) is 17.9. The van der Waals surface area contributed by atoms with E-state index in [0.717, 1.165) is 5.56 Å². The van der Waals surface area contributed by atoms with Crippen molar-refractivity contribution >= 4 is 23.8 Å². The van der Waals surface area contributed by atoms with Crippen molar-refractivity contribution in [3.63, 3.8) is 0 Å². The molecule has 0 unspecified atom stereocenters. The normalized spacial score (nSPS) is 10.7. The number of hydrogen-bond donors (Lipinski definition) is 0. The predicted molar refractivity (Wildman–Crippen MR) is 118 cm³/mol. The molecule has 0 heterocycles. The topological polar surface area (TPSA) is 78.9 Å². The summed E-state index contributed by atoms with van der Waals surface area (Å²) in [5.41, 5.74) is 1.61. The Kier molecular flexibility index (Phi) is 8.76. The van der Waals surface area contributed by atoms with Crippen LogP contribution in [0.15, 0.2) is 66.8 Å². The van der Waals surface area contributed by atoms with Gasteiger partial charge in [-0.2, -0.15) is 0 Å².